The second-order valence-corrected chi connectivity index (χ2v) is 5.86. The lowest BCUT2D eigenvalue weighted by Gasteiger charge is -2.12. The highest BCUT2D eigenvalue weighted by atomic mass is 32.1. The van der Waals surface area contributed by atoms with Crippen LogP contribution in [0.3, 0.4) is 0 Å². The maximum atomic E-state index is 5.54. The third kappa shape index (κ3) is 4.79. The molecule has 1 aliphatic heterocycles. The molecule has 1 heterocycles. The van der Waals surface area contributed by atoms with Crippen LogP contribution in [0.25, 0.3) is 0 Å². The smallest absolute Gasteiger partial charge is 0.187 e. The molecule has 1 saturated heterocycles. The molecule has 0 radical (unpaired) electrons. The first kappa shape index (κ1) is 15.9. The first-order chi connectivity index (χ1) is 10.1. The Bertz CT molecular complexity index is 536. The van der Waals surface area contributed by atoms with Crippen LogP contribution >= 0.6 is 12.2 Å². The highest BCUT2D eigenvalue weighted by Gasteiger charge is 2.15. The van der Waals surface area contributed by atoms with Gasteiger partial charge in [0.25, 0.3) is 0 Å². The van der Waals surface area contributed by atoms with Crippen LogP contribution in [0.5, 0.6) is 0 Å². The van der Waals surface area contributed by atoms with Crippen molar-refractivity contribution in [3.8, 4) is 0 Å². The summed E-state index contributed by atoms with van der Waals surface area (Å²) >= 11 is 5.22. The Hall–Kier alpha value is -1.46. The van der Waals surface area contributed by atoms with E-state index in [0.717, 1.165) is 37.3 Å². The fraction of sp³-hybridized carbons (Fsp3) is 0.500. The predicted molar refractivity (Wildman–Crippen MR) is 90.8 cm³/mol. The molecule has 1 unspecified atom stereocenters. The van der Waals surface area contributed by atoms with Crippen molar-refractivity contribution >= 4 is 23.0 Å². The lowest BCUT2D eigenvalue weighted by Crippen LogP contribution is -2.37. The van der Waals surface area contributed by atoms with Crippen LogP contribution in [-0.4, -0.2) is 30.1 Å². The van der Waals surface area contributed by atoms with Gasteiger partial charge in [-0.2, -0.15) is 5.10 Å². The molecule has 1 fully saturated rings. The van der Waals surface area contributed by atoms with E-state index in [-0.39, 0.29) is 6.10 Å². The molecule has 1 aromatic carbocycles. The summed E-state index contributed by atoms with van der Waals surface area (Å²) in [5.74, 6) is 0. The van der Waals surface area contributed by atoms with Crippen LogP contribution in [0.1, 0.15) is 36.5 Å². The summed E-state index contributed by atoms with van der Waals surface area (Å²) in [6.07, 6.45) is 2.51. The highest BCUT2D eigenvalue weighted by molar-refractivity contribution is 7.80. The van der Waals surface area contributed by atoms with E-state index in [1.54, 1.807) is 0 Å². The Kier molecular flexibility index (Phi) is 5.70. The van der Waals surface area contributed by atoms with Gasteiger partial charge < -0.3 is 10.1 Å². The number of hydrazone groups is 1. The molecular weight excluding hydrogens is 282 g/mol. The van der Waals surface area contributed by atoms with E-state index >= 15 is 0 Å². The van der Waals surface area contributed by atoms with E-state index in [9.17, 15) is 0 Å². The molecule has 0 spiro atoms. The third-order valence-corrected chi connectivity index (χ3v) is 4.00. The molecule has 5 heteroatoms. The summed E-state index contributed by atoms with van der Waals surface area (Å²) < 4.78 is 5.54. The summed E-state index contributed by atoms with van der Waals surface area (Å²) in [7, 11) is 0. The van der Waals surface area contributed by atoms with E-state index in [1.807, 2.05) is 6.92 Å². The fourth-order valence-corrected chi connectivity index (χ4v) is 2.35. The number of hydrogen-bond donors (Lipinski definition) is 2. The van der Waals surface area contributed by atoms with Gasteiger partial charge in [0.2, 0.25) is 0 Å². The van der Waals surface area contributed by atoms with Crippen LogP contribution in [0.15, 0.2) is 23.3 Å². The van der Waals surface area contributed by atoms with Gasteiger partial charge in [-0.1, -0.05) is 12.1 Å². The highest BCUT2D eigenvalue weighted by Crippen LogP contribution is 2.11. The van der Waals surface area contributed by atoms with Crippen LogP contribution in [0.4, 0.5) is 0 Å². The summed E-state index contributed by atoms with van der Waals surface area (Å²) in [4.78, 5) is 0. The molecule has 2 N–H and O–H groups in total. The molecule has 0 aliphatic carbocycles. The zero-order chi connectivity index (χ0) is 15.2. The minimum Gasteiger partial charge on any atom is -0.376 e. The van der Waals surface area contributed by atoms with Gasteiger partial charge >= 0.3 is 0 Å². The average molecular weight is 305 g/mol. The Morgan fingerprint density at radius 3 is 2.86 bits per heavy atom. The van der Waals surface area contributed by atoms with Gasteiger partial charge in [0, 0.05) is 13.2 Å². The van der Waals surface area contributed by atoms with E-state index in [4.69, 9.17) is 17.0 Å². The largest absolute Gasteiger partial charge is 0.376 e. The van der Waals surface area contributed by atoms with Crippen molar-refractivity contribution in [2.75, 3.05) is 13.2 Å². The molecule has 0 amide bonds. The molecule has 0 saturated carbocycles. The lowest BCUT2D eigenvalue weighted by molar-refractivity contribution is 0.114. The molecular formula is C16H23N3OS. The van der Waals surface area contributed by atoms with E-state index in [2.05, 4.69) is 47.9 Å². The predicted octanol–water partition coefficient (Wildman–Crippen LogP) is 2.67. The first-order valence-corrected chi connectivity index (χ1v) is 7.74. The summed E-state index contributed by atoms with van der Waals surface area (Å²) in [5.41, 5.74) is 7.46. The van der Waals surface area contributed by atoms with Crippen LogP contribution in [0, 0.1) is 13.8 Å². The van der Waals surface area contributed by atoms with Crippen molar-refractivity contribution in [2.45, 2.75) is 39.7 Å². The van der Waals surface area contributed by atoms with Crippen LogP contribution in [-0.2, 0) is 4.74 Å². The molecule has 1 atom stereocenters. The van der Waals surface area contributed by atoms with E-state index in [0.29, 0.717) is 5.11 Å². The van der Waals surface area contributed by atoms with Gasteiger partial charge in [-0.3, -0.25) is 5.43 Å². The summed E-state index contributed by atoms with van der Waals surface area (Å²) in [6.45, 7) is 7.78. The number of nitrogens with zero attached hydrogens (tertiary/aromatic N) is 1. The maximum Gasteiger partial charge on any atom is 0.187 e. The van der Waals surface area contributed by atoms with Crippen molar-refractivity contribution in [1.82, 2.24) is 10.7 Å². The number of hydrogen-bond acceptors (Lipinski definition) is 3. The Morgan fingerprint density at radius 2 is 2.19 bits per heavy atom. The standard InChI is InChI=1S/C16H23N3OS/c1-11-6-7-14(9-12(11)2)13(3)18-19-16(21)17-10-15-5-4-8-20-15/h6-7,9,15H,4-5,8,10H2,1-3H3,(H2,17,19,21). The number of aryl methyl sites for hydroxylation is 2. The lowest BCUT2D eigenvalue weighted by atomic mass is 10.0. The van der Waals surface area contributed by atoms with Crippen molar-refractivity contribution in [2.24, 2.45) is 5.10 Å². The van der Waals surface area contributed by atoms with Crippen molar-refractivity contribution in [3.63, 3.8) is 0 Å². The minimum absolute atomic E-state index is 0.273. The van der Waals surface area contributed by atoms with Crippen LogP contribution in [0.2, 0.25) is 0 Å². The normalized spacial score (nSPS) is 18.6. The first-order valence-electron chi connectivity index (χ1n) is 7.33. The number of benzene rings is 1. The zero-order valence-corrected chi connectivity index (χ0v) is 13.7. The topological polar surface area (TPSA) is 45.7 Å². The van der Waals surface area contributed by atoms with Crippen molar-refractivity contribution < 1.29 is 4.74 Å². The van der Waals surface area contributed by atoms with Crippen LogP contribution < -0.4 is 10.7 Å². The maximum absolute atomic E-state index is 5.54. The quantitative estimate of drug-likeness (QED) is 0.510. The minimum atomic E-state index is 0.273. The number of rotatable bonds is 4. The molecule has 4 nitrogen and oxygen atoms in total. The van der Waals surface area contributed by atoms with Gasteiger partial charge in [0.05, 0.1) is 11.8 Å². The Labute approximate surface area is 132 Å². The summed E-state index contributed by atoms with van der Waals surface area (Å²) in [5, 5.41) is 8.01. The number of nitrogens with one attached hydrogen (secondary N) is 2. The van der Waals surface area contributed by atoms with Gasteiger partial charge in [-0.15, -0.1) is 0 Å². The number of thiocarbonyl (C=S) groups is 1. The third-order valence-electron chi connectivity index (χ3n) is 3.76. The van der Waals surface area contributed by atoms with Gasteiger partial charge in [-0.05, 0) is 68.6 Å². The zero-order valence-electron chi connectivity index (χ0n) is 12.9. The fourth-order valence-electron chi connectivity index (χ4n) is 2.22. The molecule has 0 aromatic heterocycles. The number of ether oxygens (including phenoxy) is 1. The molecule has 2 rings (SSSR count). The molecule has 0 bridgehead atoms. The molecule has 21 heavy (non-hydrogen) atoms. The SMILES string of the molecule is CC(=NNC(=S)NCC1CCCO1)c1ccc(C)c(C)c1. The van der Waals surface area contributed by atoms with Crippen molar-refractivity contribution in [1.29, 1.82) is 0 Å². The van der Waals surface area contributed by atoms with Gasteiger partial charge in [-0.25, -0.2) is 0 Å². The molecule has 1 aliphatic rings. The Morgan fingerprint density at radius 1 is 1.38 bits per heavy atom. The van der Waals surface area contributed by atoms with E-state index in [1.165, 1.54) is 11.1 Å². The second-order valence-electron chi connectivity index (χ2n) is 5.45. The molecule has 114 valence electrons. The Balaban J connectivity index is 1.84. The molecule has 1 aromatic rings. The summed E-state index contributed by atoms with van der Waals surface area (Å²) in [6, 6.07) is 6.32. The second kappa shape index (κ2) is 7.52. The average Bonchev–Trinajstić information content (AvgIpc) is 2.98. The van der Waals surface area contributed by atoms with Gasteiger partial charge in [0.15, 0.2) is 5.11 Å². The van der Waals surface area contributed by atoms with Crippen molar-refractivity contribution in [3.05, 3.63) is 34.9 Å². The monoisotopic (exact) mass is 305 g/mol. The van der Waals surface area contributed by atoms with E-state index < -0.39 is 0 Å². The van der Waals surface area contributed by atoms with Gasteiger partial charge in [0.1, 0.15) is 0 Å².